The average Bonchev–Trinajstić information content (AvgIpc) is 2.59. The van der Waals surface area contributed by atoms with Crippen molar-refractivity contribution in [2.24, 2.45) is 5.92 Å². The first-order valence-electron chi connectivity index (χ1n) is 8.39. The van der Waals surface area contributed by atoms with Crippen molar-refractivity contribution in [1.82, 2.24) is 10.6 Å². The summed E-state index contributed by atoms with van der Waals surface area (Å²) in [6.07, 6.45) is 5.96. The van der Waals surface area contributed by atoms with Gasteiger partial charge < -0.3 is 11.1 Å². The van der Waals surface area contributed by atoms with Crippen molar-refractivity contribution in [2.75, 3.05) is 12.3 Å². The average molecular weight is 328 g/mol. The number of rotatable bonds is 4. The van der Waals surface area contributed by atoms with Gasteiger partial charge in [-0.3, -0.25) is 10.1 Å². The molecule has 1 saturated carbocycles. The Bertz CT molecular complexity index is 645. The zero-order valence-electron chi connectivity index (χ0n) is 14.0. The van der Waals surface area contributed by atoms with E-state index in [-0.39, 0.29) is 12.5 Å². The first kappa shape index (κ1) is 17.8. The minimum atomic E-state index is -0.680. The first-order chi connectivity index (χ1) is 11.5. The lowest BCUT2D eigenvalue weighted by Crippen LogP contribution is -2.40. The molecule has 1 aliphatic carbocycles. The normalized spacial score (nSPS) is 16.0. The van der Waals surface area contributed by atoms with Crippen molar-refractivity contribution >= 4 is 17.6 Å². The Morgan fingerprint density at radius 1 is 1.33 bits per heavy atom. The van der Waals surface area contributed by atoms with Gasteiger partial charge in [-0.25, -0.2) is 4.79 Å². The van der Waals surface area contributed by atoms with Gasteiger partial charge in [0.15, 0.2) is 0 Å². The number of nitrogens with two attached hydrogens (primary N) is 1. The van der Waals surface area contributed by atoms with Gasteiger partial charge in [0.2, 0.25) is 0 Å². The summed E-state index contributed by atoms with van der Waals surface area (Å²) in [6.45, 7) is 1.95. The molecule has 0 radical (unpaired) electrons. The lowest BCUT2D eigenvalue weighted by atomic mass is 9.76. The molecule has 4 N–H and O–H groups in total. The molecule has 1 unspecified atom stereocenters. The molecular formula is C18H24N4O2. The molecule has 1 fully saturated rings. The molecular weight excluding hydrogens is 304 g/mol. The van der Waals surface area contributed by atoms with Crippen molar-refractivity contribution in [2.45, 2.75) is 44.9 Å². The molecule has 1 atom stereocenters. The Balaban J connectivity index is 2.21. The standard InChI is InChI=1S/C18H24N4O2/c1-12(13-6-3-2-4-7-13)16-14(8-5-9-15(16)20)17(23)22-18(24)21-11-10-19/h5,8-9,12-13H,2-4,6-7,11,20H2,1H3,(H2,21,22,23,24). The first-order valence-corrected chi connectivity index (χ1v) is 8.39. The molecule has 0 bridgehead atoms. The van der Waals surface area contributed by atoms with Crippen LogP contribution in [-0.4, -0.2) is 18.5 Å². The number of nitriles is 1. The fourth-order valence-electron chi connectivity index (χ4n) is 3.49. The van der Waals surface area contributed by atoms with Crippen molar-refractivity contribution < 1.29 is 9.59 Å². The summed E-state index contributed by atoms with van der Waals surface area (Å²) in [5.41, 5.74) is 7.98. The SMILES string of the molecule is CC(c1c(N)cccc1C(=O)NC(=O)NCC#N)C1CCCCC1. The fourth-order valence-corrected chi connectivity index (χ4v) is 3.49. The van der Waals surface area contributed by atoms with Crippen LogP contribution in [-0.2, 0) is 0 Å². The number of hydrogen-bond acceptors (Lipinski definition) is 4. The van der Waals surface area contributed by atoms with Gasteiger partial charge in [0, 0.05) is 11.3 Å². The lowest BCUT2D eigenvalue weighted by molar-refractivity contribution is 0.0962. The second-order valence-corrected chi connectivity index (χ2v) is 6.29. The maximum Gasteiger partial charge on any atom is 0.322 e. The van der Waals surface area contributed by atoms with E-state index in [2.05, 4.69) is 17.6 Å². The monoisotopic (exact) mass is 328 g/mol. The number of carbonyl (C=O) groups is 2. The molecule has 1 aromatic carbocycles. The van der Waals surface area contributed by atoms with E-state index in [0.717, 1.165) is 18.4 Å². The van der Waals surface area contributed by atoms with Gasteiger partial charge in [0.1, 0.15) is 6.54 Å². The lowest BCUT2D eigenvalue weighted by Gasteiger charge is -2.29. The Morgan fingerprint density at radius 3 is 2.71 bits per heavy atom. The van der Waals surface area contributed by atoms with Gasteiger partial charge in [-0.2, -0.15) is 5.26 Å². The molecule has 1 aliphatic rings. The number of nitrogens with one attached hydrogen (secondary N) is 2. The highest BCUT2D eigenvalue weighted by atomic mass is 16.2. The highest BCUT2D eigenvalue weighted by molar-refractivity contribution is 6.05. The van der Waals surface area contributed by atoms with E-state index in [1.165, 1.54) is 19.3 Å². The number of nitrogens with zero attached hydrogens (tertiary/aromatic N) is 1. The topological polar surface area (TPSA) is 108 Å². The van der Waals surface area contributed by atoms with Crippen LogP contribution in [0.1, 0.15) is 60.9 Å². The van der Waals surface area contributed by atoms with E-state index in [4.69, 9.17) is 11.0 Å². The predicted molar refractivity (Wildman–Crippen MR) is 92.3 cm³/mol. The third kappa shape index (κ3) is 4.25. The second kappa shape index (κ2) is 8.34. The number of hydrogen-bond donors (Lipinski definition) is 3. The molecule has 0 saturated heterocycles. The van der Waals surface area contributed by atoms with E-state index < -0.39 is 11.9 Å². The number of anilines is 1. The zero-order valence-corrected chi connectivity index (χ0v) is 14.0. The molecule has 0 aromatic heterocycles. The minimum absolute atomic E-state index is 0.151. The van der Waals surface area contributed by atoms with Crippen LogP contribution in [0.3, 0.4) is 0 Å². The molecule has 24 heavy (non-hydrogen) atoms. The highest BCUT2D eigenvalue weighted by Gasteiger charge is 2.27. The Labute approximate surface area is 142 Å². The predicted octanol–water partition coefficient (Wildman–Crippen LogP) is 2.92. The fraction of sp³-hybridized carbons (Fsp3) is 0.500. The Morgan fingerprint density at radius 2 is 2.04 bits per heavy atom. The number of urea groups is 1. The minimum Gasteiger partial charge on any atom is -0.398 e. The van der Waals surface area contributed by atoms with Crippen LogP contribution in [0, 0.1) is 17.2 Å². The smallest absolute Gasteiger partial charge is 0.322 e. The van der Waals surface area contributed by atoms with Crippen molar-refractivity contribution in [3.05, 3.63) is 29.3 Å². The summed E-state index contributed by atoms with van der Waals surface area (Å²) >= 11 is 0. The maximum absolute atomic E-state index is 12.5. The van der Waals surface area contributed by atoms with Crippen molar-refractivity contribution in [3.8, 4) is 6.07 Å². The molecule has 1 aromatic rings. The number of carbonyl (C=O) groups excluding carboxylic acids is 2. The van der Waals surface area contributed by atoms with Crippen LogP contribution in [0.5, 0.6) is 0 Å². The van der Waals surface area contributed by atoms with E-state index in [0.29, 0.717) is 17.2 Å². The van der Waals surface area contributed by atoms with E-state index in [1.54, 1.807) is 24.3 Å². The van der Waals surface area contributed by atoms with Crippen LogP contribution < -0.4 is 16.4 Å². The van der Waals surface area contributed by atoms with Gasteiger partial charge >= 0.3 is 6.03 Å². The number of nitrogen functional groups attached to an aromatic ring is 1. The van der Waals surface area contributed by atoms with Gasteiger partial charge in [-0.1, -0.05) is 32.3 Å². The third-order valence-corrected chi connectivity index (χ3v) is 4.75. The number of benzene rings is 1. The Hall–Kier alpha value is -2.55. The molecule has 6 heteroatoms. The van der Waals surface area contributed by atoms with E-state index >= 15 is 0 Å². The molecule has 0 aliphatic heterocycles. The molecule has 128 valence electrons. The molecule has 6 nitrogen and oxygen atoms in total. The van der Waals surface area contributed by atoms with Gasteiger partial charge in [0.05, 0.1) is 6.07 Å². The summed E-state index contributed by atoms with van der Waals surface area (Å²) in [5.74, 6) is 0.173. The zero-order chi connectivity index (χ0) is 17.5. The van der Waals surface area contributed by atoms with Crippen molar-refractivity contribution in [1.29, 1.82) is 5.26 Å². The summed E-state index contributed by atoms with van der Waals surface area (Å²) in [6, 6.07) is 6.31. The van der Waals surface area contributed by atoms with Crippen LogP contribution in [0.25, 0.3) is 0 Å². The highest BCUT2D eigenvalue weighted by Crippen LogP contribution is 2.39. The third-order valence-electron chi connectivity index (χ3n) is 4.75. The summed E-state index contributed by atoms with van der Waals surface area (Å²) < 4.78 is 0. The van der Waals surface area contributed by atoms with Crippen LogP contribution in [0.4, 0.5) is 10.5 Å². The largest absolute Gasteiger partial charge is 0.398 e. The summed E-state index contributed by atoms with van der Waals surface area (Å²) in [4.78, 5) is 24.1. The quantitative estimate of drug-likeness (QED) is 0.583. The van der Waals surface area contributed by atoms with E-state index in [9.17, 15) is 9.59 Å². The van der Waals surface area contributed by atoms with Gasteiger partial charge in [-0.15, -0.1) is 0 Å². The molecule has 0 heterocycles. The van der Waals surface area contributed by atoms with E-state index in [1.807, 2.05) is 0 Å². The summed E-state index contributed by atoms with van der Waals surface area (Å²) in [7, 11) is 0. The van der Waals surface area contributed by atoms with Crippen LogP contribution >= 0.6 is 0 Å². The molecule has 3 amide bonds. The second-order valence-electron chi connectivity index (χ2n) is 6.29. The summed E-state index contributed by atoms with van der Waals surface area (Å²) in [5, 5.41) is 13.0. The molecule has 2 rings (SSSR count). The number of amides is 3. The van der Waals surface area contributed by atoms with Crippen LogP contribution in [0.2, 0.25) is 0 Å². The Kier molecular flexibility index (Phi) is 6.19. The molecule has 0 spiro atoms. The number of imide groups is 1. The van der Waals surface area contributed by atoms with Gasteiger partial charge in [-0.05, 0) is 42.4 Å². The maximum atomic E-state index is 12.5. The van der Waals surface area contributed by atoms with Gasteiger partial charge in [0.25, 0.3) is 5.91 Å². The van der Waals surface area contributed by atoms with Crippen LogP contribution in [0.15, 0.2) is 18.2 Å². The van der Waals surface area contributed by atoms with Crippen molar-refractivity contribution in [3.63, 3.8) is 0 Å².